The second-order valence-corrected chi connectivity index (χ2v) is 5.74. The van der Waals surface area contributed by atoms with Crippen LogP contribution < -0.4 is 5.32 Å². The van der Waals surface area contributed by atoms with Crippen molar-refractivity contribution < 1.29 is 0 Å². The van der Waals surface area contributed by atoms with E-state index in [1.165, 1.54) is 5.56 Å². The molecule has 2 aromatic rings. The quantitative estimate of drug-likeness (QED) is 0.922. The van der Waals surface area contributed by atoms with E-state index in [1.807, 2.05) is 31.8 Å². The molecule has 0 saturated heterocycles. The van der Waals surface area contributed by atoms with E-state index in [0.29, 0.717) is 11.7 Å². The van der Waals surface area contributed by atoms with Crippen molar-refractivity contribution in [1.29, 1.82) is 0 Å². The van der Waals surface area contributed by atoms with Gasteiger partial charge in [-0.2, -0.15) is 10.2 Å². The van der Waals surface area contributed by atoms with E-state index in [9.17, 15) is 0 Å². The van der Waals surface area contributed by atoms with Crippen molar-refractivity contribution in [3.63, 3.8) is 0 Å². The Morgan fingerprint density at radius 1 is 1.35 bits per heavy atom. The van der Waals surface area contributed by atoms with Gasteiger partial charge < -0.3 is 5.32 Å². The molecule has 0 radical (unpaired) electrons. The van der Waals surface area contributed by atoms with Crippen molar-refractivity contribution in [3.8, 4) is 0 Å². The van der Waals surface area contributed by atoms with E-state index in [-0.39, 0.29) is 12.1 Å². The van der Waals surface area contributed by atoms with Crippen LogP contribution in [-0.2, 0) is 13.6 Å². The van der Waals surface area contributed by atoms with Crippen LogP contribution in [0.15, 0.2) is 12.4 Å². The normalized spacial score (nSPS) is 14.5. The summed E-state index contributed by atoms with van der Waals surface area (Å²) < 4.78 is 3.70. The van der Waals surface area contributed by atoms with Gasteiger partial charge in [-0.1, -0.05) is 11.6 Å². The number of nitrogens with zero attached hydrogens (tertiary/aromatic N) is 4. The van der Waals surface area contributed by atoms with E-state index in [1.54, 1.807) is 4.68 Å². The van der Waals surface area contributed by atoms with Gasteiger partial charge in [0.25, 0.3) is 0 Å². The maximum absolute atomic E-state index is 6.24. The standard InChI is InChI=1S/C14H22ClN5/c1-9-6-17-20(8-9)12(4)10(2)16-7-13-11(3)18-19(5)14(13)15/h6,8,10,12,16H,7H2,1-5H3/t10-,12-/m0/s1. The highest BCUT2D eigenvalue weighted by Gasteiger charge is 2.17. The van der Waals surface area contributed by atoms with Crippen LogP contribution in [0.2, 0.25) is 5.15 Å². The lowest BCUT2D eigenvalue weighted by Gasteiger charge is -2.21. The maximum Gasteiger partial charge on any atom is 0.131 e. The summed E-state index contributed by atoms with van der Waals surface area (Å²) in [5, 5.41) is 12.9. The summed E-state index contributed by atoms with van der Waals surface area (Å²) in [4.78, 5) is 0. The molecule has 0 bridgehead atoms. The fraction of sp³-hybridized carbons (Fsp3) is 0.571. The summed E-state index contributed by atoms with van der Waals surface area (Å²) >= 11 is 6.24. The third-order valence-corrected chi connectivity index (χ3v) is 4.21. The molecule has 0 aliphatic carbocycles. The number of aryl methyl sites for hydroxylation is 3. The molecule has 2 aromatic heterocycles. The number of nitrogens with one attached hydrogen (secondary N) is 1. The second-order valence-electron chi connectivity index (χ2n) is 5.39. The van der Waals surface area contributed by atoms with Crippen LogP contribution in [-0.4, -0.2) is 25.6 Å². The topological polar surface area (TPSA) is 47.7 Å². The molecule has 2 heterocycles. The highest BCUT2D eigenvalue weighted by atomic mass is 35.5. The molecule has 5 nitrogen and oxygen atoms in total. The third kappa shape index (κ3) is 3.04. The molecule has 0 aliphatic rings. The summed E-state index contributed by atoms with van der Waals surface area (Å²) in [5.41, 5.74) is 3.21. The van der Waals surface area contributed by atoms with Crippen LogP contribution >= 0.6 is 11.6 Å². The lowest BCUT2D eigenvalue weighted by Crippen LogP contribution is -2.33. The number of hydrogen-bond acceptors (Lipinski definition) is 3. The minimum atomic E-state index is 0.277. The molecule has 20 heavy (non-hydrogen) atoms. The lowest BCUT2D eigenvalue weighted by atomic mass is 10.1. The van der Waals surface area contributed by atoms with Crippen LogP contribution in [0, 0.1) is 13.8 Å². The average molecular weight is 296 g/mol. The summed E-state index contributed by atoms with van der Waals surface area (Å²) in [6.07, 6.45) is 3.94. The monoisotopic (exact) mass is 295 g/mol. The van der Waals surface area contributed by atoms with Gasteiger partial charge in [0.05, 0.1) is 17.9 Å². The van der Waals surface area contributed by atoms with Crippen molar-refractivity contribution in [2.45, 2.75) is 46.3 Å². The Kier molecular flexibility index (Phi) is 4.50. The molecule has 110 valence electrons. The maximum atomic E-state index is 6.24. The fourth-order valence-corrected chi connectivity index (χ4v) is 2.43. The van der Waals surface area contributed by atoms with Crippen LogP contribution in [0.3, 0.4) is 0 Å². The first-order valence-electron chi connectivity index (χ1n) is 6.82. The average Bonchev–Trinajstić information content (AvgIpc) is 2.92. The predicted molar refractivity (Wildman–Crippen MR) is 80.9 cm³/mol. The molecule has 1 N–H and O–H groups in total. The van der Waals surface area contributed by atoms with Gasteiger partial charge >= 0.3 is 0 Å². The highest BCUT2D eigenvalue weighted by molar-refractivity contribution is 6.30. The largest absolute Gasteiger partial charge is 0.308 e. The smallest absolute Gasteiger partial charge is 0.131 e. The minimum Gasteiger partial charge on any atom is -0.308 e. The number of halogens is 1. The molecule has 0 aliphatic heterocycles. The van der Waals surface area contributed by atoms with E-state index in [0.717, 1.165) is 11.3 Å². The van der Waals surface area contributed by atoms with Gasteiger partial charge in [0.1, 0.15) is 5.15 Å². The molecule has 0 amide bonds. The third-order valence-electron chi connectivity index (χ3n) is 3.74. The van der Waals surface area contributed by atoms with Crippen molar-refractivity contribution >= 4 is 11.6 Å². The van der Waals surface area contributed by atoms with Crippen molar-refractivity contribution in [2.75, 3.05) is 0 Å². The first kappa shape index (κ1) is 15.1. The molecular weight excluding hydrogens is 274 g/mol. The van der Waals surface area contributed by atoms with Gasteiger partial charge in [-0.3, -0.25) is 9.36 Å². The SMILES string of the molecule is Cc1cnn([C@@H](C)[C@H](C)NCc2c(C)nn(C)c2Cl)c1. The van der Waals surface area contributed by atoms with Crippen LogP contribution in [0.5, 0.6) is 0 Å². The van der Waals surface area contributed by atoms with Gasteiger partial charge in [-0.05, 0) is 33.3 Å². The van der Waals surface area contributed by atoms with Crippen LogP contribution in [0.1, 0.15) is 36.7 Å². The summed E-state index contributed by atoms with van der Waals surface area (Å²) in [7, 11) is 1.86. The first-order valence-corrected chi connectivity index (χ1v) is 7.20. The second kappa shape index (κ2) is 5.97. The Morgan fingerprint density at radius 2 is 2.05 bits per heavy atom. The molecule has 0 saturated carbocycles. The highest BCUT2D eigenvalue weighted by Crippen LogP contribution is 2.19. The van der Waals surface area contributed by atoms with E-state index >= 15 is 0 Å². The zero-order valence-corrected chi connectivity index (χ0v) is 13.4. The van der Waals surface area contributed by atoms with Gasteiger partial charge in [0.15, 0.2) is 0 Å². The Morgan fingerprint density at radius 3 is 2.55 bits per heavy atom. The van der Waals surface area contributed by atoms with Crippen LogP contribution in [0.25, 0.3) is 0 Å². The molecule has 2 atom stereocenters. The molecule has 6 heteroatoms. The lowest BCUT2D eigenvalue weighted by molar-refractivity contribution is 0.364. The number of rotatable bonds is 5. The Hall–Kier alpha value is -1.33. The Labute approximate surface area is 124 Å². The van der Waals surface area contributed by atoms with Gasteiger partial charge in [0.2, 0.25) is 0 Å². The van der Waals surface area contributed by atoms with Crippen molar-refractivity contribution in [2.24, 2.45) is 7.05 Å². The number of aromatic nitrogens is 4. The van der Waals surface area contributed by atoms with E-state index in [4.69, 9.17) is 11.6 Å². The fourth-order valence-electron chi connectivity index (χ4n) is 2.19. The predicted octanol–water partition coefficient (Wildman–Crippen LogP) is 2.63. The van der Waals surface area contributed by atoms with Gasteiger partial charge in [0, 0.05) is 31.4 Å². The van der Waals surface area contributed by atoms with Gasteiger partial charge in [-0.25, -0.2) is 0 Å². The number of hydrogen-bond donors (Lipinski definition) is 1. The summed E-state index contributed by atoms with van der Waals surface area (Å²) in [5.74, 6) is 0. The van der Waals surface area contributed by atoms with E-state index in [2.05, 4.69) is 35.6 Å². The molecule has 0 spiro atoms. The molecule has 0 unspecified atom stereocenters. The van der Waals surface area contributed by atoms with Crippen LogP contribution in [0.4, 0.5) is 0 Å². The summed E-state index contributed by atoms with van der Waals surface area (Å²) in [6, 6.07) is 0.560. The molecule has 0 aromatic carbocycles. The Bertz CT molecular complexity index is 586. The molecule has 2 rings (SSSR count). The van der Waals surface area contributed by atoms with Gasteiger partial charge in [-0.15, -0.1) is 0 Å². The first-order chi connectivity index (χ1) is 9.40. The van der Waals surface area contributed by atoms with E-state index < -0.39 is 0 Å². The summed E-state index contributed by atoms with van der Waals surface area (Å²) in [6.45, 7) is 9.05. The minimum absolute atomic E-state index is 0.277. The zero-order chi connectivity index (χ0) is 14.9. The van der Waals surface area contributed by atoms with Crippen molar-refractivity contribution in [1.82, 2.24) is 24.9 Å². The molecular formula is C14H22ClN5. The zero-order valence-electron chi connectivity index (χ0n) is 12.7. The van der Waals surface area contributed by atoms with Crippen molar-refractivity contribution in [3.05, 3.63) is 34.4 Å². The Balaban J connectivity index is 2.00. The molecule has 0 fully saturated rings.